The minimum Gasteiger partial charge on any atom is -0.491 e. The monoisotopic (exact) mass is 368 g/mol. The van der Waals surface area contributed by atoms with Crippen LogP contribution >= 0.6 is 0 Å². The number of hydrogen-bond donors (Lipinski definition) is 2. The molecule has 0 bridgehead atoms. The Labute approximate surface area is 158 Å². The van der Waals surface area contributed by atoms with Crippen molar-refractivity contribution < 1.29 is 14.3 Å². The van der Waals surface area contributed by atoms with Crippen LogP contribution in [0.5, 0.6) is 5.75 Å². The molecule has 1 aliphatic heterocycles. The van der Waals surface area contributed by atoms with Gasteiger partial charge < -0.3 is 20.3 Å². The molecular weight excluding hydrogens is 344 g/mol. The molecular formula is C20H24N4O3. The number of pyridine rings is 1. The molecule has 2 aromatic rings. The highest BCUT2D eigenvalue weighted by atomic mass is 16.5. The van der Waals surface area contributed by atoms with Crippen LogP contribution in [0.2, 0.25) is 0 Å². The van der Waals surface area contributed by atoms with E-state index in [4.69, 9.17) is 4.74 Å². The van der Waals surface area contributed by atoms with Gasteiger partial charge in [0.2, 0.25) is 5.91 Å². The molecule has 1 atom stereocenters. The molecule has 3 amide bonds. The van der Waals surface area contributed by atoms with Gasteiger partial charge in [-0.15, -0.1) is 0 Å². The average Bonchev–Trinajstić information content (AvgIpc) is 3.12. The Balaban J connectivity index is 1.54. The van der Waals surface area contributed by atoms with E-state index in [0.29, 0.717) is 37.6 Å². The number of carbonyl (C=O) groups excluding carboxylic acids is 2. The molecule has 1 aromatic carbocycles. The number of carbonyl (C=O) groups is 2. The van der Waals surface area contributed by atoms with Gasteiger partial charge in [0.25, 0.3) is 0 Å². The molecule has 3 rings (SSSR count). The fourth-order valence-electron chi connectivity index (χ4n) is 3.05. The van der Waals surface area contributed by atoms with Crippen molar-refractivity contribution in [2.45, 2.75) is 25.8 Å². The smallest absolute Gasteiger partial charge is 0.322 e. The van der Waals surface area contributed by atoms with Crippen molar-refractivity contribution >= 4 is 17.6 Å². The topological polar surface area (TPSA) is 83.6 Å². The van der Waals surface area contributed by atoms with E-state index in [1.165, 1.54) is 6.92 Å². The van der Waals surface area contributed by atoms with Gasteiger partial charge in [-0.25, -0.2) is 4.79 Å². The van der Waals surface area contributed by atoms with Crippen molar-refractivity contribution in [3.8, 4) is 5.75 Å². The number of nitrogens with zero attached hydrogens (tertiary/aromatic N) is 2. The van der Waals surface area contributed by atoms with Crippen molar-refractivity contribution in [3.05, 3.63) is 54.4 Å². The Hall–Kier alpha value is -3.09. The Morgan fingerprint density at radius 2 is 2.04 bits per heavy atom. The first kappa shape index (κ1) is 18.7. The fraction of sp³-hybridized carbons (Fsp3) is 0.350. The third kappa shape index (κ3) is 5.44. The van der Waals surface area contributed by atoms with Crippen LogP contribution in [-0.4, -0.2) is 47.6 Å². The largest absolute Gasteiger partial charge is 0.491 e. The molecule has 1 aromatic heterocycles. The zero-order valence-corrected chi connectivity index (χ0v) is 15.4. The van der Waals surface area contributed by atoms with Gasteiger partial charge in [0.15, 0.2) is 0 Å². The number of para-hydroxylation sites is 2. The van der Waals surface area contributed by atoms with Crippen LogP contribution in [0.4, 0.5) is 10.5 Å². The molecule has 142 valence electrons. The minimum absolute atomic E-state index is 0.0121. The second-order valence-corrected chi connectivity index (χ2v) is 6.48. The summed E-state index contributed by atoms with van der Waals surface area (Å²) >= 11 is 0. The summed E-state index contributed by atoms with van der Waals surface area (Å²) < 4.78 is 5.85. The summed E-state index contributed by atoms with van der Waals surface area (Å²) in [4.78, 5) is 29.7. The SMILES string of the molecule is CC(=O)NC1CCN(C(=O)Nc2ccccc2OCCc2ccccn2)C1. The van der Waals surface area contributed by atoms with Gasteiger partial charge in [0, 0.05) is 44.4 Å². The normalized spacial score (nSPS) is 16.0. The summed E-state index contributed by atoms with van der Waals surface area (Å²) in [6.45, 7) is 3.08. The molecule has 1 unspecified atom stereocenters. The molecule has 1 aliphatic rings. The van der Waals surface area contributed by atoms with Crippen molar-refractivity contribution in [1.29, 1.82) is 0 Å². The number of nitrogens with one attached hydrogen (secondary N) is 2. The van der Waals surface area contributed by atoms with Gasteiger partial charge in [-0.05, 0) is 30.7 Å². The van der Waals surface area contributed by atoms with Gasteiger partial charge in [-0.2, -0.15) is 0 Å². The van der Waals surface area contributed by atoms with Crippen LogP contribution in [0.25, 0.3) is 0 Å². The molecule has 0 spiro atoms. The maximum Gasteiger partial charge on any atom is 0.322 e. The van der Waals surface area contributed by atoms with Gasteiger partial charge >= 0.3 is 6.03 Å². The van der Waals surface area contributed by atoms with Crippen LogP contribution < -0.4 is 15.4 Å². The molecule has 0 saturated carbocycles. The number of amides is 3. The fourth-order valence-corrected chi connectivity index (χ4v) is 3.05. The summed E-state index contributed by atoms with van der Waals surface area (Å²) in [5, 5.41) is 5.76. The van der Waals surface area contributed by atoms with E-state index < -0.39 is 0 Å². The number of ether oxygens (including phenoxy) is 1. The van der Waals surface area contributed by atoms with Crippen molar-refractivity contribution in [2.24, 2.45) is 0 Å². The van der Waals surface area contributed by atoms with Crippen molar-refractivity contribution in [2.75, 3.05) is 25.0 Å². The summed E-state index contributed by atoms with van der Waals surface area (Å²) in [6.07, 6.45) is 3.21. The van der Waals surface area contributed by atoms with Crippen LogP contribution in [0.15, 0.2) is 48.7 Å². The second kappa shape index (κ2) is 9.02. The van der Waals surface area contributed by atoms with Crippen molar-refractivity contribution in [1.82, 2.24) is 15.2 Å². The summed E-state index contributed by atoms with van der Waals surface area (Å²) in [5.41, 5.74) is 1.59. The molecule has 27 heavy (non-hydrogen) atoms. The number of benzene rings is 1. The second-order valence-electron chi connectivity index (χ2n) is 6.48. The molecule has 7 nitrogen and oxygen atoms in total. The van der Waals surface area contributed by atoms with E-state index in [1.807, 2.05) is 42.5 Å². The van der Waals surface area contributed by atoms with E-state index in [0.717, 1.165) is 12.1 Å². The summed E-state index contributed by atoms with van der Waals surface area (Å²) in [6, 6.07) is 13.0. The van der Waals surface area contributed by atoms with Crippen LogP contribution in [0, 0.1) is 0 Å². The molecule has 1 saturated heterocycles. The van der Waals surface area contributed by atoms with Gasteiger partial charge in [-0.1, -0.05) is 18.2 Å². The summed E-state index contributed by atoms with van der Waals surface area (Å²) in [5.74, 6) is 0.549. The van der Waals surface area contributed by atoms with Gasteiger partial charge in [0.05, 0.1) is 12.3 Å². The lowest BCUT2D eigenvalue weighted by atomic mass is 10.2. The molecule has 0 aliphatic carbocycles. The first-order chi connectivity index (χ1) is 13.1. The third-order valence-electron chi connectivity index (χ3n) is 4.35. The molecule has 2 heterocycles. The lowest BCUT2D eigenvalue weighted by Gasteiger charge is -2.19. The van der Waals surface area contributed by atoms with Crippen LogP contribution in [0.1, 0.15) is 19.0 Å². The van der Waals surface area contributed by atoms with Crippen LogP contribution in [0.3, 0.4) is 0 Å². The first-order valence-electron chi connectivity index (χ1n) is 9.06. The maximum absolute atomic E-state index is 12.5. The lowest BCUT2D eigenvalue weighted by molar-refractivity contribution is -0.119. The number of anilines is 1. The standard InChI is InChI=1S/C20H24N4O3/c1-15(25)22-17-9-12-24(14-17)20(26)23-18-7-2-3-8-19(18)27-13-10-16-6-4-5-11-21-16/h2-8,11,17H,9-10,12-14H2,1H3,(H,22,25)(H,23,26). The number of rotatable bonds is 6. The number of aromatic nitrogens is 1. The number of likely N-dealkylation sites (tertiary alicyclic amines) is 1. The Kier molecular flexibility index (Phi) is 6.25. The highest BCUT2D eigenvalue weighted by Gasteiger charge is 2.27. The predicted octanol–water partition coefficient (Wildman–Crippen LogP) is 2.45. The van der Waals surface area contributed by atoms with E-state index in [1.54, 1.807) is 11.1 Å². The van der Waals surface area contributed by atoms with E-state index in [-0.39, 0.29) is 18.0 Å². The average molecular weight is 368 g/mol. The third-order valence-corrected chi connectivity index (χ3v) is 4.35. The van der Waals surface area contributed by atoms with Gasteiger partial charge in [-0.3, -0.25) is 9.78 Å². The quantitative estimate of drug-likeness (QED) is 0.820. The molecule has 7 heteroatoms. The summed E-state index contributed by atoms with van der Waals surface area (Å²) in [7, 11) is 0. The van der Waals surface area contributed by atoms with E-state index in [9.17, 15) is 9.59 Å². The predicted molar refractivity (Wildman–Crippen MR) is 103 cm³/mol. The number of urea groups is 1. The zero-order chi connectivity index (χ0) is 19.1. The number of hydrogen-bond acceptors (Lipinski definition) is 4. The Morgan fingerprint density at radius 3 is 2.81 bits per heavy atom. The molecule has 1 fully saturated rings. The minimum atomic E-state index is -0.191. The highest BCUT2D eigenvalue weighted by Crippen LogP contribution is 2.25. The molecule has 2 N–H and O–H groups in total. The first-order valence-corrected chi connectivity index (χ1v) is 9.06. The van der Waals surface area contributed by atoms with E-state index in [2.05, 4.69) is 15.6 Å². The van der Waals surface area contributed by atoms with Crippen LogP contribution in [-0.2, 0) is 11.2 Å². The Morgan fingerprint density at radius 1 is 1.22 bits per heavy atom. The van der Waals surface area contributed by atoms with E-state index >= 15 is 0 Å². The van der Waals surface area contributed by atoms with Crippen molar-refractivity contribution in [3.63, 3.8) is 0 Å². The maximum atomic E-state index is 12.5. The van der Waals surface area contributed by atoms with Gasteiger partial charge in [0.1, 0.15) is 5.75 Å². The molecule has 0 radical (unpaired) electrons. The Bertz CT molecular complexity index is 782. The lowest BCUT2D eigenvalue weighted by Crippen LogP contribution is -2.38. The zero-order valence-electron chi connectivity index (χ0n) is 15.4. The highest BCUT2D eigenvalue weighted by molar-refractivity contribution is 5.91.